The molecule has 0 aliphatic carbocycles. The molecule has 0 aromatic rings. The van der Waals surface area contributed by atoms with Crippen molar-refractivity contribution in [3.05, 3.63) is 0 Å². The van der Waals surface area contributed by atoms with E-state index in [1.165, 1.54) is 4.90 Å². The van der Waals surface area contributed by atoms with Gasteiger partial charge >= 0.3 is 12.0 Å². The molecule has 0 aromatic heterocycles. The number of amides is 2. The Labute approximate surface area is 113 Å². The van der Waals surface area contributed by atoms with E-state index in [0.717, 1.165) is 6.42 Å². The van der Waals surface area contributed by atoms with Gasteiger partial charge in [0.25, 0.3) is 0 Å². The molecule has 2 heterocycles. The largest absolute Gasteiger partial charge is 0.480 e. The van der Waals surface area contributed by atoms with Gasteiger partial charge in [0.1, 0.15) is 6.04 Å². The van der Waals surface area contributed by atoms with Crippen LogP contribution in [-0.2, 0) is 9.53 Å². The first-order valence-corrected chi connectivity index (χ1v) is 6.76. The molecule has 0 saturated carbocycles. The van der Waals surface area contributed by atoms with E-state index in [9.17, 15) is 9.59 Å². The van der Waals surface area contributed by atoms with Crippen LogP contribution in [0.25, 0.3) is 0 Å². The second-order valence-corrected chi connectivity index (χ2v) is 6.04. The summed E-state index contributed by atoms with van der Waals surface area (Å²) in [4.78, 5) is 26.8. The first kappa shape index (κ1) is 14.1. The van der Waals surface area contributed by atoms with E-state index in [2.05, 4.69) is 0 Å². The van der Waals surface area contributed by atoms with Gasteiger partial charge in [-0.1, -0.05) is 0 Å². The lowest BCUT2D eigenvalue weighted by Gasteiger charge is -2.43. The third-order valence-electron chi connectivity index (χ3n) is 3.62. The van der Waals surface area contributed by atoms with E-state index in [1.807, 2.05) is 20.8 Å². The van der Waals surface area contributed by atoms with Crippen LogP contribution in [0.2, 0.25) is 0 Å². The van der Waals surface area contributed by atoms with Crippen molar-refractivity contribution in [3.63, 3.8) is 0 Å². The van der Waals surface area contributed by atoms with Gasteiger partial charge in [-0.2, -0.15) is 0 Å². The standard InChI is InChI=1S/C13H22N2O4/c1-9-7-14(8-13(2,3)19-9)12(18)15-6-4-5-10(15)11(16)17/h9-10H,4-8H2,1-3H3,(H,16,17). The highest BCUT2D eigenvalue weighted by Crippen LogP contribution is 2.25. The number of nitrogens with zero attached hydrogens (tertiary/aromatic N) is 2. The maximum atomic E-state index is 12.5. The smallest absolute Gasteiger partial charge is 0.326 e. The molecule has 2 saturated heterocycles. The number of rotatable bonds is 1. The summed E-state index contributed by atoms with van der Waals surface area (Å²) in [5.74, 6) is -0.911. The van der Waals surface area contributed by atoms with Crippen LogP contribution in [0.5, 0.6) is 0 Å². The lowest BCUT2D eigenvalue weighted by Crippen LogP contribution is -2.58. The van der Waals surface area contributed by atoms with Gasteiger partial charge in [-0.05, 0) is 33.6 Å². The van der Waals surface area contributed by atoms with Crippen molar-refractivity contribution in [1.82, 2.24) is 9.80 Å². The quantitative estimate of drug-likeness (QED) is 0.776. The van der Waals surface area contributed by atoms with Crippen LogP contribution in [0.4, 0.5) is 4.79 Å². The Bertz CT molecular complexity index is 383. The van der Waals surface area contributed by atoms with Crippen LogP contribution < -0.4 is 0 Å². The summed E-state index contributed by atoms with van der Waals surface area (Å²) in [6, 6.07) is -0.845. The number of urea groups is 1. The fraction of sp³-hybridized carbons (Fsp3) is 0.846. The van der Waals surface area contributed by atoms with Gasteiger partial charge in [-0.25, -0.2) is 9.59 Å². The maximum Gasteiger partial charge on any atom is 0.326 e. The SMILES string of the molecule is CC1CN(C(=O)N2CCCC2C(=O)O)CC(C)(C)O1. The van der Waals surface area contributed by atoms with Crippen molar-refractivity contribution in [3.8, 4) is 0 Å². The first-order chi connectivity index (χ1) is 8.80. The summed E-state index contributed by atoms with van der Waals surface area (Å²) in [6.45, 7) is 7.37. The number of carbonyl (C=O) groups is 2. The average Bonchev–Trinajstić information content (AvgIpc) is 2.73. The molecule has 2 amide bonds. The number of hydrogen-bond donors (Lipinski definition) is 1. The normalized spacial score (nSPS) is 30.5. The number of hydrogen-bond acceptors (Lipinski definition) is 3. The van der Waals surface area contributed by atoms with Crippen LogP contribution >= 0.6 is 0 Å². The van der Waals surface area contributed by atoms with Crippen LogP contribution in [0.15, 0.2) is 0 Å². The molecule has 19 heavy (non-hydrogen) atoms. The topological polar surface area (TPSA) is 70.1 Å². The summed E-state index contributed by atoms with van der Waals surface area (Å²) in [6.07, 6.45) is 1.27. The minimum Gasteiger partial charge on any atom is -0.480 e. The third kappa shape index (κ3) is 3.00. The van der Waals surface area contributed by atoms with Crippen LogP contribution in [0, 0.1) is 0 Å². The molecule has 6 nitrogen and oxygen atoms in total. The molecule has 2 rings (SSSR count). The molecule has 108 valence electrons. The fourth-order valence-corrected chi connectivity index (χ4v) is 3.03. The summed E-state index contributed by atoms with van der Waals surface area (Å²) >= 11 is 0. The van der Waals surface area contributed by atoms with Gasteiger partial charge in [0.2, 0.25) is 0 Å². The zero-order chi connectivity index (χ0) is 14.2. The molecule has 1 N–H and O–H groups in total. The number of carbonyl (C=O) groups excluding carboxylic acids is 1. The maximum absolute atomic E-state index is 12.5. The molecule has 6 heteroatoms. The molecule has 0 aromatic carbocycles. The number of ether oxygens (including phenoxy) is 1. The molecule has 0 bridgehead atoms. The molecular formula is C13H22N2O4. The Morgan fingerprint density at radius 1 is 1.37 bits per heavy atom. The van der Waals surface area contributed by atoms with E-state index in [-0.39, 0.29) is 17.7 Å². The molecule has 2 unspecified atom stereocenters. The minimum absolute atomic E-state index is 0.0291. The van der Waals surface area contributed by atoms with Gasteiger partial charge in [-0.3, -0.25) is 0 Å². The van der Waals surface area contributed by atoms with Gasteiger partial charge in [0.05, 0.1) is 18.2 Å². The molecule has 0 spiro atoms. The lowest BCUT2D eigenvalue weighted by molar-refractivity contribution is -0.142. The summed E-state index contributed by atoms with van der Waals surface area (Å²) in [7, 11) is 0. The molecular weight excluding hydrogens is 248 g/mol. The van der Waals surface area contributed by atoms with E-state index in [1.54, 1.807) is 4.90 Å². The van der Waals surface area contributed by atoms with Gasteiger partial charge in [0.15, 0.2) is 0 Å². The third-order valence-corrected chi connectivity index (χ3v) is 3.62. The first-order valence-electron chi connectivity index (χ1n) is 6.76. The fourth-order valence-electron chi connectivity index (χ4n) is 3.03. The van der Waals surface area contributed by atoms with Crippen molar-refractivity contribution in [2.24, 2.45) is 0 Å². The van der Waals surface area contributed by atoms with Gasteiger partial charge in [-0.15, -0.1) is 0 Å². The Morgan fingerprint density at radius 2 is 2.05 bits per heavy atom. The lowest BCUT2D eigenvalue weighted by atomic mass is 10.1. The van der Waals surface area contributed by atoms with Gasteiger partial charge in [0, 0.05) is 13.1 Å². The summed E-state index contributed by atoms with van der Waals surface area (Å²) < 4.78 is 5.76. The summed E-state index contributed by atoms with van der Waals surface area (Å²) in [5.41, 5.74) is -0.383. The second-order valence-electron chi connectivity index (χ2n) is 6.04. The molecule has 2 aliphatic heterocycles. The second kappa shape index (κ2) is 5.00. The highest BCUT2D eigenvalue weighted by molar-refractivity contribution is 5.83. The van der Waals surface area contributed by atoms with Crippen LogP contribution in [-0.4, -0.2) is 64.3 Å². The van der Waals surface area contributed by atoms with Crippen molar-refractivity contribution in [1.29, 1.82) is 0 Å². The number of morpholine rings is 1. The predicted octanol–water partition coefficient (Wildman–Crippen LogP) is 1.15. The highest BCUT2D eigenvalue weighted by atomic mass is 16.5. The van der Waals surface area contributed by atoms with Crippen LogP contribution in [0.1, 0.15) is 33.6 Å². The van der Waals surface area contributed by atoms with E-state index in [4.69, 9.17) is 9.84 Å². The van der Waals surface area contributed by atoms with E-state index in [0.29, 0.717) is 26.1 Å². The van der Waals surface area contributed by atoms with Crippen molar-refractivity contribution >= 4 is 12.0 Å². The Hall–Kier alpha value is -1.30. The molecule has 2 atom stereocenters. The molecule has 2 aliphatic rings. The molecule has 2 fully saturated rings. The minimum atomic E-state index is -0.911. The van der Waals surface area contributed by atoms with E-state index < -0.39 is 12.0 Å². The average molecular weight is 270 g/mol. The zero-order valence-corrected chi connectivity index (χ0v) is 11.8. The Balaban J connectivity index is 2.08. The van der Waals surface area contributed by atoms with Gasteiger partial charge < -0.3 is 19.6 Å². The number of likely N-dealkylation sites (tertiary alicyclic amines) is 1. The summed E-state index contributed by atoms with van der Waals surface area (Å²) in [5, 5.41) is 9.15. The van der Waals surface area contributed by atoms with Crippen molar-refractivity contribution < 1.29 is 19.4 Å². The number of aliphatic carboxylic acids is 1. The van der Waals surface area contributed by atoms with E-state index >= 15 is 0 Å². The zero-order valence-electron chi connectivity index (χ0n) is 11.8. The monoisotopic (exact) mass is 270 g/mol. The van der Waals surface area contributed by atoms with Crippen LogP contribution in [0.3, 0.4) is 0 Å². The predicted molar refractivity (Wildman–Crippen MR) is 69.0 cm³/mol. The Morgan fingerprint density at radius 3 is 2.63 bits per heavy atom. The highest BCUT2D eigenvalue weighted by Gasteiger charge is 2.40. The van der Waals surface area contributed by atoms with Crippen molar-refractivity contribution in [2.45, 2.75) is 51.4 Å². The molecule has 0 radical (unpaired) electrons. The number of carboxylic acids is 1. The Kier molecular flexibility index (Phi) is 3.71. The van der Waals surface area contributed by atoms with Crippen molar-refractivity contribution in [2.75, 3.05) is 19.6 Å². The number of carboxylic acid groups (broad SMARTS) is 1.